The van der Waals surface area contributed by atoms with E-state index in [9.17, 15) is 29.4 Å². The molecule has 4 N–H and O–H groups in total. The molecule has 0 bridgehead atoms. The van der Waals surface area contributed by atoms with Crippen molar-refractivity contribution in [2.24, 2.45) is 5.92 Å². The molecule has 0 aliphatic heterocycles. The molecule has 3 atom stereocenters. The number of amides is 2. The minimum atomic E-state index is -1.32. The summed E-state index contributed by atoms with van der Waals surface area (Å²) in [4.78, 5) is 46.6. The third-order valence-electron chi connectivity index (χ3n) is 4.06. The van der Waals surface area contributed by atoms with Crippen LogP contribution in [-0.2, 0) is 30.5 Å². The average molecular weight is 424 g/mol. The predicted octanol–water partition coefficient (Wildman–Crippen LogP) is 0.823. The zero-order valence-electron chi connectivity index (χ0n) is 17.0. The Morgan fingerprint density at radius 2 is 1.73 bits per heavy atom. The summed E-state index contributed by atoms with van der Waals surface area (Å²) < 4.78 is 9.76. The molecule has 0 saturated heterocycles. The van der Waals surface area contributed by atoms with E-state index in [2.05, 4.69) is 10.6 Å². The van der Waals surface area contributed by atoms with Crippen LogP contribution in [0.3, 0.4) is 0 Å². The Bertz CT molecular complexity index is 710. The fourth-order valence-corrected chi connectivity index (χ4v) is 2.54. The normalized spacial score (nSPS) is 13.4. The summed E-state index contributed by atoms with van der Waals surface area (Å²) in [5.74, 6) is -3.32. The molecular weight excluding hydrogens is 396 g/mol. The number of carboxylic acid groups (broad SMARTS) is 1. The summed E-state index contributed by atoms with van der Waals surface area (Å²) >= 11 is 0. The molecule has 10 heteroatoms. The van der Waals surface area contributed by atoms with Crippen molar-refractivity contribution in [1.29, 1.82) is 0 Å². The summed E-state index contributed by atoms with van der Waals surface area (Å²) in [7, 11) is 0. The third kappa shape index (κ3) is 9.87. The molecule has 30 heavy (non-hydrogen) atoms. The largest absolute Gasteiger partial charge is 0.480 e. The number of esters is 1. The quantitative estimate of drug-likeness (QED) is 0.360. The second-order valence-electron chi connectivity index (χ2n) is 6.67. The molecule has 0 saturated carbocycles. The Morgan fingerprint density at radius 3 is 2.33 bits per heavy atom. The van der Waals surface area contributed by atoms with E-state index in [4.69, 9.17) is 9.47 Å². The van der Waals surface area contributed by atoms with Crippen LogP contribution in [0.15, 0.2) is 30.3 Å². The van der Waals surface area contributed by atoms with E-state index in [1.165, 1.54) is 6.92 Å². The molecule has 1 aromatic carbocycles. The molecule has 0 unspecified atom stereocenters. The maximum absolute atomic E-state index is 12.0. The zero-order chi connectivity index (χ0) is 22.5. The van der Waals surface area contributed by atoms with Crippen LogP contribution >= 0.6 is 0 Å². The van der Waals surface area contributed by atoms with Gasteiger partial charge in [0.05, 0.1) is 25.6 Å². The number of rotatable bonds is 12. The average Bonchev–Trinajstić information content (AvgIpc) is 2.69. The molecule has 166 valence electrons. The Labute approximate surface area is 174 Å². The van der Waals surface area contributed by atoms with Crippen LogP contribution in [0, 0.1) is 5.92 Å². The van der Waals surface area contributed by atoms with E-state index >= 15 is 0 Å². The Morgan fingerprint density at radius 1 is 1.07 bits per heavy atom. The van der Waals surface area contributed by atoms with Crippen LogP contribution in [-0.4, -0.2) is 59.4 Å². The number of hydrogen-bond acceptors (Lipinski definition) is 7. The molecule has 0 heterocycles. The first-order valence-corrected chi connectivity index (χ1v) is 9.53. The van der Waals surface area contributed by atoms with Gasteiger partial charge in [0.15, 0.2) is 0 Å². The van der Waals surface area contributed by atoms with E-state index in [0.29, 0.717) is 0 Å². The van der Waals surface area contributed by atoms with Crippen molar-refractivity contribution in [2.45, 2.75) is 45.4 Å². The minimum Gasteiger partial charge on any atom is -0.480 e. The Hall–Kier alpha value is -3.14. The number of aliphatic hydroxyl groups is 1. The second-order valence-corrected chi connectivity index (χ2v) is 6.67. The molecule has 0 aliphatic rings. The number of carbonyl (C=O) groups excluding carboxylic acids is 3. The maximum Gasteiger partial charge on any atom is 0.407 e. The van der Waals surface area contributed by atoms with Crippen molar-refractivity contribution >= 4 is 23.9 Å². The number of carboxylic acids is 1. The SMILES string of the molecule is CCOC(=O)C[C@H](C)[C@@H](NC(=O)C[C@@H](O)CNC(=O)OCc1ccccc1)C(=O)O. The van der Waals surface area contributed by atoms with Crippen molar-refractivity contribution < 1.29 is 38.9 Å². The highest BCUT2D eigenvalue weighted by molar-refractivity contribution is 5.84. The van der Waals surface area contributed by atoms with Gasteiger partial charge in [0, 0.05) is 6.54 Å². The van der Waals surface area contributed by atoms with Gasteiger partial charge in [-0.05, 0) is 18.4 Å². The van der Waals surface area contributed by atoms with E-state index < -0.39 is 48.4 Å². The molecule has 2 amide bonds. The van der Waals surface area contributed by atoms with Crippen LogP contribution in [0.1, 0.15) is 32.3 Å². The molecule has 1 aromatic rings. The van der Waals surface area contributed by atoms with Gasteiger partial charge in [-0.3, -0.25) is 9.59 Å². The van der Waals surface area contributed by atoms with E-state index in [1.54, 1.807) is 31.2 Å². The van der Waals surface area contributed by atoms with Crippen molar-refractivity contribution in [2.75, 3.05) is 13.2 Å². The predicted molar refractivity (Wildman–Crippen MR) is 105 cm³/mol. The van der Waals surface area contributed by atoms with Crippen molar-refractivity contribution in [3.05, 3.63) is 35.9 Å². The number of aliphatic carboxylic acids is 1. The first-order valence-electron chi connectivity index (χ1n) is 9.53. The van der Waals surface area contributed by atoms with Crippen molar-refractivity contribution in [3.63, 3.8) is 0 Å². The molecule has 0 aliphatic carbocycles. The second kappa shape index (κ2) is 13.2. The van der Waals surface area contributed by atoms with Crippen LogP contribution in [0.5, 0.6) is 0 Å². The van der Waals surface area contributed by atoms with Gasteiger partial charge in [0.2, 0.25) is 5.91 Å². The molecule has 0 radical (unpaired) electrons. The highest BCUT2D eigenvalue weighted by Gasteiger charge is 2.29. The Kier molecular flexibility index (Phi) is 10.9. The highest BCUT2D eigenvalue weighted by atomic mass is 16.5. The first-order chi connectivity index (χ1) is 14.2. The van der Waals surface area contributed by atoms with E-state index in [-0.39, 0.29) is 26.2 Å². The van der Waals surface area contributed by atoms with Gasteiger partial charge in [-0.2, -0.15) is 0 Å². The Balaban J connectivity index is 2.39. The number of hydrogen-bond donors (Lipinski definition) is 4. The lowest BCUT2D eigenvalue weighted by Gasteiger charge is -2.21. The van der Waals surface area contributed by atoms with Gasteiger partial charge >= 0.3 is 18.0 Å². The fourth-order valence-electron chi connectivity index (χ4n) is 2.54. The number of aliphatic hydroxyl groups excluding tert-OH is 1. The van der Waals surface area contributed by atoms with E-state index in [1.807, 2.05) is 6.07 Å². The summed E-state index contributed by atoms with van der Waals surface area (Å²) in [5.41, 5.74) is 0.796. The third-order valence-corrected chi connectivity index (χ3v) is 4.06. The van der Waals surface area contributed by atoms with Gasteiger partial charge in [0.25, 0.3) is 0 Å². The fraction of sp³-hybridized carbons (Fsp3) is 0.500. The standard InChI is InChI=1S/C20H28N2O8/c1-3-29-17(25)9-13(2)18(19(26)27)22-16(24)10-15(23)11-21-20(28)30-12-14-7-5-4-6-8-14/h4-8,13,15,18,23H,3,9-12H2,1-2H3,(H,21,28)(H,22,24)(H,26,27)/t13-,15+,18+/m0/s1. The number of benzene rings is 1. The summed E-state index contributed by atoms with van der Waals surface area (Å²) in [5, 5.41) is 23.8. The van der Waals surface area contributed by atoms with Crippen LogP contribution < -0.4 is 10.6 Å². The topological polar surface area (TPSA) is 151 Å². The smallest absolute Gasteiger partial charge is 0.407 e. The molecule has 10 nitrogen and oxygen atoms in total. The van der Waals surface area contributed by atoms with Crippen LogP contribution in [0.4, 0.5) is 4.79 Å². The van der Waals surface area contributed by atoms with E-state index in [0.717, 1.165) is 5.56 Å². The van der Waals surface area contributed by atoms with Crippen molar-refractivity contribution in [3.8, 4) is 0 Å². The summed E-state index contributed by atoms with van der Waals surface area (Å²) in [6.45, 7) is 3.10. The number of nitrogens with one attached hydrogen (secondary N) is 2. The number of ether oxygens (including phenoxy) is 2. The molecule has 0 fully saturated rings. The lowest BCUT2D eigenvalue weighted by atomic mass is 9.98. The minimum absolute atomic E-state index is 0.0574. The molecule has 0 aromatic heterocycles. The van der Waals surface area contributed by atoms with Crippen LogP contribution in [0.2, 0.25) is 0 Å². The van der Waals surface area contributed by atoms with Crippen LogP contribution in [0.25, 0.3) is 0 Å². The molecule has 1 rings (SSSR count). The maximum atomic E-state index is 12.0. The zero-order valence-corrected chi connectivity index (χ0v) is 17.0. The summed E-state index contributed by atoms with van der Waals surface area (Å²) in [6.07, 6.45) is -2.62. The molecule has 0 spiro atoms. The molecular formula is C20H28N2O8. The van der Waals surface area contributed by atoms with Gasteiger partial charge in [-0.15, -0.1) is 0 Å². The van der Waals surface area contributed by atoms with Gasteiger partial charge in [-0.1, -0.05) is 37.3 Å². The summed E-state index contributed by atoms with van der Waals surface area (Å²) in [6, 6.07) is 7.69. The number of alkyl carbamates (subject to hydrolysis) is 1. The monoisotopic (exact) mass is 424 g/mol. The van der Waals surface area contributed by atoms with Gasteiger partial charge in [-0.25, -0.2) is 9.59 Å². The number of carbonyl (C=O) groups is 4. The lowest BCUT2D eigenvalue weighted by molar-refractivity contribution is -0.147. The van der Waals surface area contributed by atoms with Gasteiger partial charge in [0.1, 0.15) is 12.6 Å². The first kappa shape index (κ1) is 24.9. The van der Waals surface area contributed by atoms with Crippen molar-refractivity contribution in [1.82, 2.24) is 10.6 Å². The van der Waals surface area contributed by atoms with Gasteiger partial charge < -0.3 is 30.3 Å². The lowest BCUT2D eigenvalue weighted by Crippen LogP contribution is -2.47. The highest BCUT2D eigenvalue weighted by Crippen LogP contribution is 2.11.